The molecule has 0 unspecified atom stereocenters. The molecule has 0 spiro atoms. The summed E-state index contributed by atoms with van der Waals surface area (Å²) < 4.78 is 27.1. The van der Waals surface area contributed by atoms with Crippen molar-refractivity contribution in [2.45, 2.75) is 11.9 Å². The predicted octanol–water partition coefficient (Wildman–Crippen LogP) is 4.50. The maximum Gasteiger partial charge on any atom is 0.146 e. The number of hydrogen-bond acceptors (Lipinski definition) is 1. The van der Waals surface area contributed by atoms with Gasteiger partial charge in [-0.3, -0.25) is 0 Å². The fraction of sp³-hybridized carbons (Fsp3) is 0.200. The monoisotopic (exact) mass is 325 g/mol. The first kappa shape index (κ1) is 14.0. The van der Waals surface area contributed by atoms with E-state index in [9.17, 15) is 8.78 Å². The van der Waals surface area contributed by atoms with E-state index in [2.05, 4.69) is 15.9 Å². The number of anilines is 1. The third-order valence-electron chi connectivity index (χ3n) is 2.90. The minimum absolute atomic E-state index is 0.268. The first-order chi connectivity index (χ1) is 9.11. The Hall–Kier alpha value is -1.42. The standard InChI is InChI=1S/C15H14BrF2N/c1-19(10-11-4-2-6-13(17)8-11)15-12(9-16)5-3-7-14(15)18/h2-8H,9-10H2,1H3. The van der Waals surface area contributed by atoms with E-state index < -0.39 is 0 Å². The third kappa shape index (κ3) is 3.32. The molecule has 1 nitrogen and oxygen atoms in total. The van der Waals surface area contributed by atoms with Gasteiger partial charge in [-0.25, -0.2) is 8.78 Å². The zero-order chi connectivity index (χ0) is 13.8. The number of alkyl halides is 1. The average Bonchev–Trinajstić information content (AvgIpc) is 2.38. The summed E-state index contributed by atoms with van der Waals surface area (Å²) in [6, 6.07) is 11.3. The van der Waals surface area contributed by atoms with E-state index in [1.165, 1.54) is 18.2 Å². The first-order valence-electron chi connectivity index (χ1n) is 5.90. The quantitative estimate of drug-likeness (QED) is 0.748. The second-order valence-electron chi connectivity index (χ2n) is 4.37. The predicted molar refractivity (Wildman–Crippen MR) is 77.5 cm³/mol. The van der Waals surface area contributed by atoms with E-state index in [1.54, 1.807) is 24.1 Å². The summed E-state index contributed by atoms with van der Waals surface area (Å²) >= 11 is 3.35. The highest BCUT2D eigenvalue weighted by Gasteiger charge is 2.12. The van der Waals surface area contributed by atoms with E-state index in [-0.39, 0.29) is 11.6 Å². The summed E-state index contributed by atoms with van der Waals surface area (Å²) in [6.45, 7) is 0.457. The van der Waals surface area contributed by atoms with Crippen molar-refractivity contribution in [3.63, 3.8) is 0 Å². The molecule has 0 saturated heterocycles. The number of hydrogen-bond donors (Lipinski definition) is 0. The fourth-order valence-electron chi connectivity index (χ4n) is 2.08. The molecule has 0 aliphatic carbocycles. The van der Waals surface area contributed by atoms with Crippen LogP contribution in [0.1, 0.15) is 11.1 Å². The summed E-state index contributed by atoms with van der Waals surface area (Å²) in [5.74, 6) is -0.545. The Balaban J connectivity index is 2.27. The summed E-state index contributed by atoms with van der Waals surface area (Å²) in [5, 5.41) is 0.577. The van der Waals surface area contributed by atoms with Gasteiger partial charge in [-0.1, -0.05) is 40.2 Å². The van der Waals surface area contributed by atoms with Gasteiger partial charge in [0.15, 0.2) is 0 Å². The minimum Gasteiger partial charge on any atom is -0.368 e. The highest BCUT2D eigenvalue weighted by atomic mass is 79.9. The Bertz CT molecular complexity index is 572. The summed E-state index contributed by atoms with van der Waals surface area (Å²) in [4.78, 5) is 1.79. The lowest BCUT2D eigenvalue weighted by atomic mass is 10.1. The van der Waals surface area contributed by atoms with Crippen molar-refractivity contribution in [1.29, 1.82) is 0 Å². The number of nitrogens with zero attached hydrogens (tertiary/aromatic N) is 1. The van der Waals surface area contributed by atoms with Gasteiger partial charge in [0, 0.05) is 18.9 Å². The molecule has 19 heavy (non-hydrogen) atoms. The smallest absolute Gasteiger partial charge is 0.146 e. The van der Waals surface area contributed by atoms with Gasteiger partial charge in [-0.15, -0.1) is 0 Å². The summed E-state index contributed by atoms with van der Waals surface area (Å²) in [7, 11) is 1.80. The largest absolute Gasteiger partial charge is 0.368 e. The van der Waals surface area contributed by atoms with Crippen LogP contribution in [0, 0.1) is 11.6 Å². The van der Waals surface area contributed by atoms with E-state index in [0.717, 1.165) is 11.1 Å². The molecule has 2 rings (SSSR count). The second kappa shape index (κ2) is 6.15. The molecule has 0 aliphatic heterocycles. The molecular weight excluding hydrogens is 312 g/mol. The molecule has 0 N–H and O–H groups in total. The SMILES string of the molecule is CN(Cc1cccc(F)c1)c1c(F)cccc1CBr. The lowest BCUT2D eigenvalue weighted by Gasteiger charge is -2.22. The van der Waals surface area contributed by atoms with Gasteiger partial charge < -0.3 is 4.90 Å². The normalized spacial score (nSPS) is 10.5. The van der Waals surface area contributed by atoms with E-state index >= 15 is 0 Å². The molecule has 0 atom stereocenters. The lowest BCUT2D eigenvalue weighted by Crippen LogP contribution is -2.19. The van der Waals surface area contributed by atoms with Crippen molar-refractivity contribution in [3.8, 4) is 0 Å². The van der Waals surface area contributed by atoms with E-state index in [0.29, 0.717) is 17.6 Å². The van der Waals surface area contributed by atoms with Gasteiger partial charge in [0.1, 0.15) is 11.6 Å². The molecule has 0 aromatic heterocycles. The van der Waals surface area contributed by atoms with Gasteiger partial charge in [0.2, 0.25) is 0 Å². The average molecular weight is 326 g/mol. The summed E-state index contributed by atoms with van der Waals surface area (Å²) in [6.07, 6.45) is 0. The Morgan fingerprint density at radius 3 is 2.53 bits per heavy atom. The van der Waals surface area contributed by atoms with Crippen LogP contribution in [-0.4, -0.2) is 7.05 Å². The Labute approximate surface area is 120 Å². The minimum atomic E-state index is -0.278. The van der Waals surface area contributed by atoms with Crippen LogP contribution in [0.2, 0.25) is 0 Å². The van der Waals surface area contributed by atoms with Crippen molar-refractivity contribution in [2.24, 2.45) is 0 Å². The van der Waals surface area contributed by atoms with Crippen molar-refractivity contribution in [2.75, 3.05) is 11.9 Å². The second-order valence-corrected chi connectivity index (χ2v) is 4.93. The van der Waals surface area contributed by atoms with Crippen LogP contribution >= 0.6 is 15.9 Å². The summed E-state index contributed by atoms with van der Waals surface area (Å²) in [5.41, 5.74) is 2.23. The van der Waals surface area contributed by atoms with Gasteiger partial charge in [-0.2, -0.15) is 0 Å². The Morgan fingerprint density at radius 2 is 1.84 bits per heavy atom. The van der Waals surface area contributed by atoms with Gasteiger partial charge >= 0.3 is 0 Å². The molecule has 0 radical (unpaired) electrons. The van der Waals surface area contributed by atoms with Gasteiger partial charge in [-0.05, 0) is 29.3 Å². The van der Waals surface area contributed by atoms with Crippen LogP contribution < -0.4 is 4.90 Å². The maximum atomic E-state index is 13.9. The number of rotatable bonds is 4. The highest BCUT2D eigenvalue weighted by molar-refractivity contribution is 9.08. The Morgan fingerprint density at radius 1 is 1.11 bits per heavy atom. The molecule has 0 fully saturated rings. The zero-order valence-corrected chi connectivity index (χ0v) is 12.1. The van der Waals surface area contributed by atoms with Crippen LogP contribution in [0.3, 0.4) is 0 Å². The number of para-hydroxylation sites is 1. The molecular formula is C15H14BrF2N. The number of halogens is 3. The van der Waals surface area contributed by atoms with Crippen molar-refractivity contribution in [3.05, 3.63) is 65.2 Å². The molecule has 100 valence electrons. The van der Waals surface area contributed by atoms with Crippen LogP contribution in [0.25, 0.3) is 0 Å². The zero-order valence-electron chi connectivity index (χ0n) is 10.5. The van der Waals surface area contributed by atoms with Gasteiger partial charge in [0.05, 0.1) is 5.69 Å². The van der Waals surface area contributed by atoms with Crippen molar-refractivity contribution >= 4 is 21.6 Å². The third-order valence-corrected chi connectivity index (χ3v) is 3.51. The molecule has 0 bridgehead atoms. The molecule has 0 amide bonds. The van der Waals surface area contributed by atoms with Crippen molar-refractivity contribution in [1.82, 2.24) is 0 Å². The lowest BCUT2D eigenvalue weighted by molar-refractivity contribution is 0.618. The molecule has 2 aromatic carbocycles. The van der Waals surface area contributed by atoms with E-state index in [1.807, 2.05) is 12.1 Å². The van der Waals surface area contributed by atoms with Crippen LogP contribution in [0.5, 0.6) is 0 Å². The maximum absolute atomic E-state index is 13.9. The van der Waals surface area contributed by atoms with E-state index in [4.69, 9.17) is 0 Å². The molecule has 4 heteroatoms. The van der Waals surface area contributed by atoms with Gasteiger partial charge in [0.25, 0.3) is 0 Å². The number of benzene rings is 2. The molecule has 0 aliphatic rings. The van der Waals surface area contributed by atoms with Crippen molar-refractivity contribution < 1.29 is 8.78 Å². The first-order valence-corrected chi connectivity index (χ1v) is 7.03. The molecule has 0 saturated carbocycles. The van der Waals surface area contributed by atoms with Crippen LogP contribution in [0.4, 0.5) is 14.5 Å². The van der Waals surface area contributed by atoms with Crippen LogP contribution in [-0.2, 0) is 11.9 Å². The van der Waals surface area contributed by atoms with Crippen LogP contribution in [0.15, 0.2) is 42.5 Å². The Kier molecular flexibility index (Phi) is 4.53. The highest BCUT2D eigenvalue weighted by Crippen LogP contribution is 2.26. The fourth-order valence-corrected chi connectivity index (χ4v) is 2.54. The molecule has 0 heterocycles. The topological polar surface area (TPSA) is 3.24 Å². The molecule has 2 aromatic rings.